The summed E-state index contributed by atoms with van der Waals surface area (Å²) in [6.07, 6.45) is -4.34. The number of H-pyrrole nitrogens is 1. The fourth-order valence-corrected chi connectivity index (χ4v) is 3.84. The second kappa shape index (κ2) is 8.06. The Kier molecular flexibility index (Phi) is 5.46. The zero-order chi connectivity index (χ0) is 21.3. The number of rotatable bonds is 5. The van der Waals surface area contributed by atoms with Gasteiger partial charge < -0.3 is 14.6 Å². The number of benzene rings is 2. The number of fused-ring (bicyclic) bond motifs is 1. The molecule has 1 aliphatic rings. The summed E-state index contributed by atoms with van der Waals surface area (Å²) in [5.41, 5.74) is 1.35. The Balaban J connectivity index is 1.38. The first-order valence-corrected chi connectivity index (χ1v) is 9.76. The molecule has 1 N–H and O–H groups in total. The molecule has 1 aliphatic heterocycles. The predicted molar refractivity (Wildman–Crippen MR) is 109 cm³/mol. The third-order valence-electron chi connectivity index (χ3n) is 5.53. The van der Waals surface area contributed by atoms with E-state index >= 15 is 0 Å². The van der Waals surface area contributed by atoms with Crippen LogP contribution in [0.25, 0.3) is 11.0 Å². The second-order valence-corrected chi connectivity index (χ2v) is 7.34. The number of piperazine rings is 1. The summed E-state index contributed by atoms with van der Waals surface area (Å²) in [7, 11) is 1.58. The number of imidazole rings is 1. The van der Waals surface area contributed by atoms with E-state index in [2.05, 4.69) is 9.88 Å². The molecule has 0 saturated carbocycles. The van der Waals surface area contributed by atoms with Crippen molar-refractivity contribution in [1.82, 2.24) is 14.5 Å². The van der Waals surface area contributed by atoms with E-state index < -0.39 is 11.7 Å². The third-order valence-corrected chi connectivity index (χ3v) is 5.53. The summed E-state index contributed by atoms with van der Waals surface area (Å²) >= 11 is 0. The van der Waals surface area contributed by atoms with Gasteiger partial charge in [-0.05, 0) is 30.3 Å². The van der Waals surface area contributed by atoms with Crippen molar-refractivity contribution < 1.29 is 17.9 Å². The number of anilines is 1. The molecular formula is C21H23F3N4O2. The van der Waals surface area contributed by atoms with E-state index in [4.69, 9.17) is 4.74 Å². The van der Waals surface area contributed by atoms with Crippen molar-refractivity contribution in [3.63, 3.8) is 0 Å². The number of alkyl halides is 3. The van der Waals surface area contributed by atoms with Gasteiger partial charge >= 0.3 is 11.9 Å². The van der Waals surface area contributed by atoms with Crippen LogP contribution in [0.15, 0.2) is 47.3 Å². The molecule has 0 radical (unpaired) electrons. The number of nitrogens with zero attached hydrogens (tertiary/aromatic N) is 3. The van der Waals surface area contributed by atoms with Gasteiger partial charge in [0.25, 0.3) is 0 Å². The van der Waals surface area contributed by atoms with Crippen molar-refractivity contribution in [3.8, 4) is 5.75 Å². The summed E-state index contributed by atoms with van der Waals surface area (Å²) in [6, 6.07) is 10.9. The Morgan fingerprint density at radius 2 is 1.80 bits per heavy atom. The first kappa shape index (κ1) is 20.3. The lowest BCUT2D eigenvalue weighted by Crippen LogP contribution is -2.47. The smallest absolute Gasteiger partial charge is 0.416 e. The minimum atomic E-state index is -4.34. The molecule has 0 bridgehead atoms. The van der Waals surface area contributed by atoms with Gasteiger partial charge in [0.15, 0.2) is 0 Å². The Morgan fingerprint density at radius 1 is 1.03 bits per heavy atom. The van der Waals surface area contributed by atoms with Gasteiger partial charge in [0.1, 0.15) is 5.75 Å². The van der Waals surface area contributed by atoms with Crippen LogP contribution in [0.1, 0.15) is 5.56 Å². The maximum atomic E-state index is 13.0. The van der Waals surface area contributed by atoms with Crippen LogP contribution in [0.4, 0.5) is 18.9 Å². The average molecular weight is 420 g/mol. The Hall–Kier alpha value is -2.94. The molecule has 0 atom stereocenters. The van der Waals surface area contributed by atoms with E-state index in [0.717, 1.165) is 30.2 Å². The number of halogens is 3. The van der Waals surface area contributed by atoms with E-state index in [1.165, 1.54) is 12.1 Å². The molecule has 2 aromatic carbocycles. The molecule has 0 aliphatic carbocycles. The van der Waals surface area contributed by atoms with Crippen LogP contribution < -0.4 is 15.3 Å². The molecule has 30 heavy (non-hydrogen) atoms. The monoisotopic (exact) mass is 420 g/mol. The van der Waals surface area contributed by atoms with Crippen molar-refractivity contribution >= 4 is 16.7 Å². The standard InChI is InChI=1S/C21H23F3N4O2/c1-30-17-5-6-19-18(14-17)25-20(29)28(19)12-9-26-7-10-27(11-8-26)16-4-2-3-15(13-16)21(22,23)24/h2-6,13-14H,7-12H2,1H3,(H,25,29). The highest BCUT2D eigenvalue weighted by atomic mass is 19.4. The Labute approximate surface area is 171 Å². The molecule has 1 aromatic heterocycles. The van der Waals surface area contributed by atoms with E-state index in [-0.39, 0.29) is 5.69 Å². The molecule has 1 fully saturated rings. The van der Waals surface area contributed by atoms with Gasteiger partial charge in [-0.2, -0.15) is 13.2 Å². The summed E-state index contributed by atoms with van der Waals surface area (Å²) in [4.78, 5) is 19.3. The number of aromatic nitrogens is 2. The normalized spacial score (nSPS) is 15.7. The molecule has 9 heteroatoms. The van der Waals surface area contributed by atoms with E-state index in [1.54, 1.807) is 23.8 Å². The third kappa shape index (κ3) is 4.16. The lowest BCUT2D eigenvalue weighted by atomic mass is 10.1. The van der Waals surface area contributed by atoms with Gasteiger partial charge in [-0.1, -0.05) is 6.07 Å². The minimum absolute atomic E-state index is 0.166. The molecule has 160 valence electrons. The average Bonchev–Trinajstić information content (AvgIpc) is 3.06. The molecule has 0 amide bonds. The molecule has 0 unspecified atom stereocenters. The van der Waals surface area contributed by atoms with E-state index in [9.17, 15) is 18.0 Å². The fourth-order valence-electron chi connectivity index (χ4n) is 3.84. The molecule has 6 nitrogen and oxygen atoms in total. The Morgan fingerprint density at radius 3 is 2.50 bits per heavy atom. The fraction of sp³-hybridized carbons (Fsp3) is 0.381. The van der Waals surface area contributed by atoms with E-state index in [1.807, 2.05) is 17.0 Å². The maximum absolute atomic E-state index is 13.0. The largest absolute Gasteiger partial charge is 0.497 e. The summed E-state index contributed by atoms with van der Waals surface area (Å²) in [5.74, 6) is 0.682. The molecule has 0 spiro atoms. The van der Waals surface area contributed by atoms with Crippen LogP contribution in [0, 0.1) is 0 Å². The molecule has 1 saturated heterocycles. The van der Waals surface area contributed by atoms with Crippen LogP contribution >= 0.6 is 0 Å². The maximum Gasteiger partial charge on any atom is 0.416 e. The number of hydrogen-bond acceptors (Lipinski definition) is 4. The highest BCUT2D eigenvalue weighted by Gasteiger charge is 2.31. The van der Waals surface area contributed by atoms with Crippen molar-refractivity contribution in [1.29, 1.82) is 0 Å². The molecule has 3 aromatic rings. The molecule has 4 rings (SSSR count). The zero-order valence-corrected chi connectivity index (χ0v) is 16.6. The summed E-state index contributed by atoms with van der Waals surface area (Å²) < 4.78 is 45.8. The van der Waals surface area contributed by atoms with Gasteiger partial charge in [0, 0.05) is 51.0 Å². The Bertz CT molecular complexity index is 1080. The van der Waals surface area contributed by atoms with Gasteiger partial charge in [0.2, 0.25) is 0 Å². The zero-order valence-electron chi connectivity index (χ0n) is 16.6. The summed E-state index contributed by atoms with van der Waals surface area (Å²) in [5, 5.41) is 0. The van der Waals surface area contributed by atoms with Crippen LogP contribution in [0.3, 0.4) is 0 Å². The van der Waals surface area contributed by atoms with Crippen molar-refractivity contribution in [2.75, 3.05) is 44.7 Å². The van der Waals surface area contributed by atoms with Gasteiger partial charge in [-0.25, -0.2) is 4.79 Å². The van der Waals surface area contributed by atoms with Crippen molar-refractivity contribution in [2.45, 2.75) is 12.7 Å². The first-order chi connectivity index (χ1) is 14.3. The topological polar surface area (TPSA) is 53.5 Å². The van der Waals surface area contributed by atoms with Crippen molar-refractivity contribution in [2.24, 2.45) is 0 Å². The first-order valence-electron chi connectivity index (χ1n) is 9.76. The van der Waals surface area contributed by atoms with E-state index in [0.29, 0.717) is 37.6 Å². The minimum Gasteiger partial charge on any atom is -0.497 e. The van der Waals surface area contributed by atoms with Crippen molar-refractivity contribution in [3.05, 3.63) is 58.5 Å². The highest BCUT2D eigenvalue weighted by molar-refractivity contribution is 5.76. The SMILES string of the molecule is COc1ccc2c(c1)[nH]c(=O)n2CCN1CCN(c2cccc(C(F)(F)F)c2)CC1. The van der Waals surface area contributed by atoms with Gasteiger partial charge in [0.05, 0.1) is 23.7 Å². The van der Waals surface area contributed by atoms with Crippen LogP contribution in [-0.2, 0) is 12.7 Å². The van der Waals surface area contributed by atoms with Gasteiger partial charge in [-0.15, -0.1) is 0 Å². The molecule has 2 heterocycles. The highest BCUT2D eigenvalue weighted by Crippen LogP contribution is 2.31. The van der Waals surface area contributed by atoms with Crippen LogP contribution in [0.2, 0.25) is 0 Å². The number of ether oxygens (including phenoxy) is 1. The number of nitrogens with one attached hydrogen (secondary N) is 1. The number of aromatic amines is 1. The number of hydrogen-bond donors (Lipinski definition) is 1. The lowest BCUT2D eigenvalue weighted by Gasteiger charge is -2.36. The van der Waals surface area contributed by atoms with Gasteiger partial charge in [-0.3, -0.25) is 9.47 Å². The quantitative estimate of drug-likeness (QED) is 0.689. The summed E-state index contributed by atoms with van der Waals surface area (Å²) in [6.45, 7) is 3.95. The predicted octanol–water partition coefficient (Wildman–Crippen LogP) is 3.18. The van der Waals surface area contributed by atoms with Crippen LogP contribution in [0.5, 0.6) is 5.75 Å². The van der Waals surface area contributed by atoms with Crippen LogP contribution in [-0.4, -0.2) is 54.3 Å². The molecular weight excluding hydrogens is 397 g/mol. The lowest BCUT2D eigenvalue weighted by molar-refractivity contribution is -0.137. The number of methoxy groups -OCH3 is 1. The second-order valence-electron chi connectivity index (χ2n) is 7.34.